The number of hydrogen-bond acceptors (Lipinski definition) is 4. The van der Waals surface area contributed by atoms with Gasteiger partial charge in [-0.1, -0.05) is 0 Å². The maximum Gasteiger partial charge on any atom is 1.00 e. The SMILES string of the molecule is O=S(=O)([O-])OCC(F)(F)F.[Li+]. The van der Waals surface area contributed by atoms with Gasteiger partial charge in [0.15, 0.2) is 6.61 Å². The normalized spacial score (nSPS) is 12.4. The largest absolute Gasteiger partial charge is 1.00 e. The van der Waals surface area contributed by atoms with Gasteiger partial charge in [0.2, 0.25) is 10.4 Å². The molecule has 0 unspecified atom stereocenters. The fourth-order valence-electron chi connectivity index (χ4n) is 0.139. The van der Waals surface area contributed by atoms with Crippen molar-refractivity contribution in [2.45, 2.75) is 6.18 Å². The van der Waals surface area contributed by atoms with E-state index in [0.717, 1.165) is 0 Å². The number of alkyl halides is 3. The van der Waals surface area contributed by atoms with Gasteiger partial charge in [0, 0.05) is 0 Å². The van der Waals surface area contributed by atoms with Crippen molar-refractivity contribution in [1.82, 2.24) is 0 Å². The Balaban J connectivity index is 0. The first-order chi connectivity index (χ1) is 4.21. The van der Waals surface area contributed by atoms with E-state index in [4.69, 9.17) is 0 Å². The Labute approximate surface area is 72.8 Å². The Hall–Kier alpha value is 0.257. The van der Waals surface area contributed by atoms with Crippen molar-refractivity contribution in [3.05, 3.63) is 0 Å². The second kappa shape index (κ2) is 4.32. The summed E-state index contributed by atoms with van der Waals surface area (Å²) in [4.78, 5) is 0. The van der Waals surface area contributed by atoms with E-state index in [1.165, 1.54) is 0 Å². The van der Waals surface area contributed by atoms with Crippen LogP contribution in [0.2, 0.25) is 0 Å². The molecule has 0 fully saturated rings. The minimum absolute atomic E-state index is 0. The molecule has 0 atom stereocenters. The van der Waals surface area contributed by atoms with Crippen LogP contribution in [0.4, 0.5) is 13.2 Å². The first kappa shape index (κ1) is 13.8. The molecule has 0 saturated heterocycles. The van der Waals surface area contributed by atoms with Crippen LogP contribution in [0.5, 0.6) is 0 Å². The van der Waals surface area contributed by atoms with Crippen LogP contribution in [0, 0.1) is 0 Å². The smallest absolute Gasteiger partial charge is 0.726 e. The summed E-state index contributed by atoms with van der Waals surface area (Å²) in [6, 6.07) is 0. The van der Waals surface area contributed by atoms with Crippen LogP contribution < -0.4 is 18.9 Å². The third-order valence-corrected chi connectivity index (χ3v) is 0.773. The van der Waals surface area contributed by atoms with Crippen LogP contribution in [0.25, 0.3) is 0 Å². The first-order valence-electron chi connectivity index (χ1n) is 1.88. The zero-order valence-electron chi connectivity index (χ0n) is 5.38. The molecular weight excluding hydrogens is 184 g/mol. The molecule has 11 heavy (non-hydrogen) atoms. The maximum atomic E-state index is 11.1. The minimum Gasteiger partial charge on any atom is -0.726 e. The summed E-state index contributed by atoms with van der Waals surface area (Å²) in [5, 5.41) is 0. The molecule has 0 aromatic carbocycles. The van der Waals surface area contributed by atoms with Gasteiger partial charge in [-0.2, -0.15) is 13.2 Å². The van der Waals surface area contributed by atoms with Gasteiger partial charge in [0.05, 0.1) is 0 Å². The average molecular weight is 186 g/mol. The second-order valence-electron chi connectivity index (χ2n) is 1.29. The fourth-order valence-corrected chi connectivity index (χ4v) is 0.417. The average Bonchev–Trinajstić information content (AvgIpc) is 1.57. The van der Waals surface area contributed by atoms with Crippen LogP contribution in [-0.4, -0.2) is 25.8 Å². The predicted molar refractivity (Wildman–Crippen MR) is 21.7 cm³/mol. The van der Waals surface area contributed by atoms with E-state index in [1.54, 1.807) is 0 Å². The number of rotatable bonds is 2. The Morgan fingerprint density at radius 3 is 1.82 bits per heavy atom. The second-order valence-corrected chi connectivity index (χ2v) is 2.34. The maximum absolute atomic E-state index is 11.1. The van der Waals surface area contributed by atoms with Crippen LogP contribution in [0.1, 0.15) is 0 Å². The van der Waals surface area contributed by atoms with E-state index in [-0.39, 0.29) is 18.9 Å². The van der Waals surface area contributed by atoms with Crippen molar-refractivity contribution < 1.29 is 49.2 Å². The van der Waals surface area contributed by atoms with E-state index in [9.17, 15) is 26.1 Å². The first-order valence-corrected chi connectivity index (χ1v) is 3.21. The molecule has 0 radical (unpaired) electrons. The summed E-state index contributed by atoms with van der Waals surface area (Å²) in [5.74, 6) is 0. The Bertz CT molecular complexity index is 196. The minimum atomic E-state index is -5.23. The van der Waals surface area contributed by atoms with Gasteiger partial charge in [-0.25, -0.2) is 8.42 Å². The van der Waals surface area contributed by atoms with Crippen molar-refractivity contribution >= 4 is 10.4 Å². The molecule has 0 amide bonds. The van der Waals surface area contributed by atoms with Crippen molar-refractivity contribution in [2.75, 3.05) is 6.61 Å². The molecule has 0 spiro atoms. The molecular formula is C2H2F3LiO4S. The molecule has 9 heteroatoms. The van der Waals surface area contributed by atoms with Crippen molar-refractivity contribution in [2.24, 2.45) is 0 Å². The van der Waals surface area contributed by atoms with E-state index in [0.29, 0.717) is 0 Å². The fraction of sp³-hybridized carbons (Fsp3) is 1.00. The molecule has 0 aliphatic rings. The molecule has 0 aromatic rings. The summed E-state index contributed by atoms with van der Waals surface area (Å²) >= 11 is 0. The summed E-state index contributed by atoms with van der Waals surface area (Å²) in [6.07, 6.45) is -4.79. The van der Waals surface area contributed by atoms with Crippen molar-refractivity contribution in [3.63, 3.8) is 0 Å². The topological polar surface area (TPSA) is 66.4 Å². The van der Waals surface area contributed by atoms with Gasteiger partial charge < -0.3 is 4.55 Å². The van der Waals surface area contributed by atoms with E-state index >= 15 is 0 Å². The monoisotopic (exact) mass is 186 g/mol. The molecule has 4 nitrogen and oxygen atoms in total. The summed E-state index contributed by atoms with van der Waals surface area (Å²) < 4.78 is 64.3. The van der Waals surface area contributed by atoms with Crippen LogP contribution in [0.3, 0.4) is 0 Å². The Kier molecular flexibility index (Phi) is 5.43. The molecule has 0 aliphatic carbocycles. The summed E-state index contributed by atoms with van der Waals surface area (Å²) in [7, 11) is -5.23. The summed E-state index contributed by atoms with van der Waals surface area (Å²) in [6.45, 7) is -2.07. The Morgan fingerprint density at radius 2 is 1.73 bits per heavy atom. The van der Waals surface area contributed by atoms with Crippen molar-refractivity contribution in [3.8, 4) is 0 Å². The molecule has 0 aliphatic heterocycles. The van der Waals surface area contributed by atoms with E-state index in [1.807, 2.05) is 0 Å². The van der Waals surface area contributed by atoms with E-state index in [2.05, 4.69) is 4.18 Å². The van der Waals surface area contributed by atoms with Gasteiger partial charge in [-0.05, 0) is 0 Å². The molecule has 0 N–H and O–H groups in total. The number of hydrogen-bond donors (Lipinski definition) is 0. The summed E-state index contributed by atoms with van der Waals surface area (Å²) in [5.41, 5.74) is 0. The number of halogens is 3. The molecule has 0 aromatic heterocycles. The van der Waals surface area contributed by atoms with Gasteiger partial charge in [0.25, 0.3) is 0 Å². The van der Waals surface area contributed by atoms with Gasteiger partial charge >= 0.3 is 25.0 Å². The third kappa shape index (κ3) is 13.3. The molecule has 0 bridgehead atoms. The van der Waals surface area contributed by atoms with E-state index < -0.39 is 23.2 Å². The molecule has 62 valence electrons. The molecule has 0 saturated carbocycles. The predicted octanol–water partition coefficient (Wildman–Crippen LogP) is -2.97. The van der Waals surface area contributed by atoms with Crippen LogP contribution >= 0.6 is 0 Å². The third-order valence-electron chi connectivity index (χ3n) is 0.367. The van der Waals surface area contributed by atoms with Crippen LogP contribution in [0.15, 0.2) is 0 Å². The van der Waals surface area contributed by atoms with Gasteiger partial charge in [-0.15, -0.1) is 0 Å². The van der Waals surface area contributed by atoms with Gasteiger partial charge in [-0.3, -0.25) is 4.18 Å². The zero-order valence-corrected chi connectivity index (χ0v) is 6.20. The standard InChI is InChI=1S/C2H3F3O4S.Li/c3-2(4,5)1-9-10(6,7)8;/h1H2,(H,6,7,8);/q;+1/p-1. The Morgan fingerprint density at radius 1 is 1.36 bits per heavy atom. The molecule has 0 heterocycles. The van der Waals surface area contributed by atoms with Crippen molar-refractivity contribution in [1.29, 1.82) is 0 Å². The van der Waals surface area contributed by atoms with Crippen LogP contribution in [-0.2, 0) is 14.6 Å². The van der Waals surface area contributed by atoms with Gasteiger partial charge in [0.1, 0.15) is 0 Å². The molecule has 0 rings (SSSR count). The quantitative estimate of drug-likeness (QED) is 0.262. The zero-order chi connectivity index (χ0) is 8.41.